The molecular formula is C9H10O3. The zero-order valence-corrected chi connectivity index (χ0v) is 6.71. The van der Waals surface area contributed by atoms with Crippen molar-refractivity contribution in [2.45, 2.75) is 37.4 Å². The standard InChI is InChI=1S/C9H10O3/c10-6-3-4-9-5(6)1-2-7(11)8(9)12-9/h5,8H,1-4H2/t5-,8+,9-/m1/s1. The van der Waals surface area contributed by atoms with Crippen molar-refractivity contribution in [2.24, 2.45) is 5.92 Å². The molecule has 3 aliphatic rings. The first-order chi connectivity index (χ1) is 5.74. The average Bonchev–Trinajstić information content (AvgIpc) is 2.70. The van der Waals surface area contributed by atoms with E-state index in [4.69, 9.17) is 4.74 Å². The van der Waals surface area contributed by atoms with Crippen molar-refractivity contribution in [2.75, 3.05) is 0 Å². The first-order valence-electron chi connectivity index (χ1n) is 4.47. The third-order valence-electron chi connectivity index (χ3n) is 3.44. The number of ketones is 2. The van der Waals surface area contributed by atoms with Crippen LogP contribution in [0.25, 0.3) is 0 Å². The number of rotatable bonds is 0. The largest absolute Gasteiger partial charge is 0.357 e. The third kappa shape index (κ3) is 0.578. The maximum absolute atomic E-state index is 11.4. The fourth-order valence-corrected chi connectivity index (χ4v) is 2.74. The topological polar surface area (TPSA) is 46.7 Å². The number of carbonyl (C=O) groups excluding carboxylic acids is 2. The predicted octanol–water partition coefficient (Wildman–Crippen LogP) is 0.466. The summed E-state index contributed by atoms with van der Waals surface area (Å²) in [5, 5.41) is 0. The van der Waals surface area contributed by atoms with Crippen LogP contribution in [0.15, 0.2) is 0 Å². The van der Waals surface area contributed by atoms with Gasteiger partial charge in [-0.15, -0.1) is 0 Å². The van der Waals surface area contributed by atoms with Gasteiger partial charge in [-0.25, -0.2) is 0 Å². The average molecular weight is 166 g/mol. The van der Waals surface area contributed by atoms with Crippen molar-refractivity contribution >= 4 is 11.6 Å². The summed E-state index contributed by atoms with van der Waals surface area (Å²) in [6.07, 6.45) is 2.47. The summed E-state index contributed by atoms with van der Waals surface area (Å²) in [7, 11) is 0. The highest BCUT2D eigenvalue weighted by atomic mass is 16.6. The molecule has 3 rings (SSSR count). The molecule has 0 radical (unpaired) electrons. The third-order valence-corrected chi connectivity index (χ3v) is 3.44. The van der Waals surface area contributed by atoms with Crippen LogP contribution in [0, 0.1) is 5.92 Å². The highest BCUT2D eigenvalue weighted by Crippen LogP contribution is 2.56. The van der Waals surface area contributed by atoms with Crippen LogP contribution in [-0.2, 0) is 14.3 Å². The van der Waals surface area contributed by atoms with E-state index in [1.807, 2.05) is 0 Å². The molecule has 2 aliphatic carbocycles. The van der Waals surface area contributed by atoms with Crippen LogP contribution in [0.5, 0.6) is 0 Å². The SMILES string of the molecule is O=C1CC[C@]23O[C@H]2C(=O)CC[C@H]13. The molecule has 0 unspecified atom stereocenters. The number of carbonyl (C=O) groups is 2. The molecule has 2 saturated carbocycles. The lowest BCUT2D eigenvalue weighted by atomic mass is 9.80. The van der Waals surface area contributed by atoms with Crippen molar-refractivity contribution in [1.82, 2.24) is 0 Å². The number of hydrogen-bond donors (Lipinski definition) is 0. The molecule has 3 heteroatoms. The second-order valence-corrected chi connectivity index (χ2v) is 3.98. The zero-order chi connectivity index (χ0) is 8.34. The molecule has 1 heterocycles. The Morgan fingerprint density at radius 1 is 1.25 bits per heavy atom. The van der Waals surface area contributed by atoms with Crippen LogP contribution < -0.4 is 0 Å². The maximum Gasteiger partial charge on any atom is 0.164 e. The number of hydrogen-bond acceptors (Lipinski definition) is 3. The van der Waals surface area contributed by atoms with Gasteiger partial charge in [0.25, 0.3) is 0 Å². The molecule has 3 nitrogen and oxygen atoms in total. The molecule has 3 atom stereocenters. The maximum atomic E-state index is 11.4. The summed E-state index contributed by atoms with van der Waals surface area (Å²) >= 11 is 0. The zero-order valence-electron chi connectivity index (χ0n) is 6.71. The molecule has 0 aromatic heterocycles. The molecule has 3 fully saturated rings. The van der Waals surface area contributed by atoms with E-state index in [1.54, 1.807) is 0 Å². The van der Waals surface area contributed by atoms with E-state index in [9.17, 15) is 9.59 Å². The Labute approximate surface area is 70.1 Å². The lowest BCUT2D eigenvalue weighted by Crippen LogP contribution is -2.33. The summed E-state index contributed by atoms with van der Waals surface area (Å²) in [6, 6.07) is 0. The Kier molecular flexibility index (Phi) is 1.01. The Hall–Kier alpha value is -0.700. The van der Waals surface area contributed by atoms with Crippen molar-refractivity contribution in [3.05, 3.63) is 0 Å². The van der Waals surface area contributed by atoms with Gasteiger partial charge in [-0.2, -0.15) is 0 Å². The van der Waals surface area contributed by atoms with E-state index in [-0.39, 0.29) is 23.4 Å². The van der Waals surface area contributed by atoms with Gasteiger partial charge < -0.3 is 4.74 Å². The van der Waals surface area contributed by atoms with Crippen molar-refractivity contribution in [1.29, 1.82) is 0 Å². The van der Waals surface area contributed by atoms with Crippen LogP contribution in [0.4, 0.5) is 0 Å². The lowest BCUT2D eigenvalue weighted by Gasteiger charge is -2.17. The Bertz CT molecular complexity index is 283. The van der Waals surface area contributed by atoms with Gasteiger partial charge in [0, 0.05) is 12.8 Å². The van der Waals surface area contributed by atoms with Gasteiger partial charge in [-0.3, -0.25) is 9.59 Å². The highest BCUT2D eigenvalue weighted by Gasteiger charge is 2.70. The van der Waals surface area contributed by atoms with E-state index in [1.165, 1.54) is 0 Å². The number of Topliss-reactive ketones (excluding diaryl/α,β-unsaturated/α-hetero) is 2. The van der Waals surface area contributed by atoms with Crippen LogP contribution in [0.1, 0.15) is 25.7 Å². The van der Waals surface area contributed by atoms with Crippen molar-refractivity contribution < 1.29 is 14.3 Å². The number of ether oxygens (including phenoxy) is 1. The molecule has 0 aromatic carbocycles. The molecule has 0 N–H and O–H groups in total. The summed E-state index contributed by atoms with van der Waals surface area (Å²) in [5.41, 5.74) is -0.299. The van der Waals surface area contributed by atoms with E-state index < -0.39 is 0 Å². The lowest BCUT2D eigenvalue weighted by molar-refractivity contribution is -0.123. The van der Waals surface area contributed by atoms with Gasteiger partial charge in [0.15, 0.2) is 5.78 Å². The first kappa shape index (κ1) is 6.78. The first-order valence-corrected chi connectivity index (χ1v) is 4.47. The number of epoxide rings is 1. The Morgan fingerprint density at radius 3 is 2.92 bits per heavy atom. The van der Waals surface area contributed by atoms with Gasteiger partial charge in [0.05, 0.1) is 5.92 Å². The molecule has 0 amide bonds. The van der Waals surface area contributed by atoms with Crippen molar-refractivity contribution in [3.8, 4) is 0 Å². The molecule has 1 aliphatic heterocycles. The molecule has 1 spiro atoms. The van der Waals surface area contributed by atoms with Crippen LogP contribution in [0.2, 0.25) is 0 Å². The second-order valence-electron chi connectivity index (χ2n) is 3.98. The molecule has 0 aromatic rings. The summed E-state index contributed by atoms with van der Waals surface area (Å²) in [4.78, 5) is 22.6. The van der Waals surface area contributed by atoms with Crippen LogP contribution in [-0.4, -0.2) is 23.3 Å². The normalized spacial score (nSPS) is 50.3. The Morgan fingerprint density at radius 2 is 2.08 bits per heavy atom. The van der Waals surface area contributed by atoms with Gasteiger partial charge in [0.2, 0.25) is 0 Å². The van der Waals surface area contributed by atoms with Gasteiger partial charge >= 0.3 is 0 Å². The Balaban J connectivity index is 1.98. The minimum Gasteiger partial charge on any atom is -0.357 e. The molecule has 12 heavy (non-hydrogen) atoms. The molecular weight excluding hydrogens is 156 g/mol. The fourth-order valence-electron chi connectivity index (χ4n) is 2.74. The van der Waals surface area contributed by atoms with E-state index >= 15 is 0 Å². The minimum atomic E-state index is -0.299. The molecule has 1 saturated heterocycles. The quantitative estimate of drug-likeness (QED) is 0.491. The second kappa shape index (κ2) is 1.79. The smallest absolute Gasteiger partial charge is 0.164 e. The molecule has 64 valence electrons. The van der Waals surface area contributed by atoms with Crippen LogP contribution >= 0.6 is 0 Å². The molecule has 0 bridgehead atoms. The van der Waals surface area contributed by atoms with Crippen molar-refractivity contribution in [3.63, 3.8) is 0 Å². The van der Waals surface area contributed by atoms with E-state index in [2.05, 4.69) is 0 Å². The highest BCUT2D eigenvalue weighted by molar-refractivity contribution is 5.95. The predicted molar refractivity (Wildman–Crippen MR) is 39.6 cm³/mol. The van der Waals surface area contributed by atoms with Gasteiger partial charge in [-0.05, 0) is 12.8 Å². The van der Waals surface area contributed by atoms with Crippen LogP contribution in [0.3, 0.4) is 0 Å². The summed E-state index contributed by atoms with van der Waals surface area (Å²) in [5.74, 6) is 0.575. The van der Waals surface area contributed by atoms with Gasteiger partial charge in [-0.1, -0.05) is 0 Å². The van der Waals surface area contributed by atoms with Gasteiger partial charge in [0.1, 0.15) is 17.5 Å². The fraction of sp³-hybridized carbons (Fsp3) is 0.778. The minimum absolute atomic E-state index is 0.0557. The summed E-state index contributed by atoms with van der Waals surface area (Å²) < 4.78 is 5.40. The summed E-state index contributed by atoms with van der Waals surface area (Å²) in [6.45, 7) is 0. The van der Waals surface area contributed by atoms with E-state index in [0.717, 1.165) is 12.8 Å². The van der Waals surface area contributed by atoms with E-state index in [0.29, 0.717) is 18.6 Å². The monoisotopic (exact) mass is 166 g/mol.